The second kappa shape index (κ2) is 8.94. The molecule has 0 radical (unpaired) electrons. The number of hydrogen-bond donors (Lipinski definition) is 1. The summed E-state index contributed by atoms with van der Waals surface area (Å²) >= 11 is 1.31. The smallest absolute Gasteiger partial charge is 0.305 e. The van der Waals surface area contributed by atoms with Gasteiger partial charge in [-0.2, -0.15) is 0 Å². The predicted octanol–water partition coefficient (Wildman–Crippen LogP) is 1.43. The van der Waals surface area contributed by atoms with Crippen LogP contribution >= 0.6 is 11.8 Å². The van der Waals surface area contributed by atoms with Crippen molar-refractivity contribution in [3.63, 3.8) is 0 Å². The third-order valence-electron chi connectivity index (χ3n) is 2.99. The number of benzene rings is 1. The average Bonchev–Trinajstić information content (AvgIpc) is 3.06. The first kappa shape index (κ1) is 17.0. The topological polar surface area (TPSA) is 86.1 Å². The maximum absolute atomic E-state index is 11.8. The van der Waals surface area contributed by atoms with Crippen LogP contribution in [0, 0.1) is 0 Å². The number of thioether (sulfide) groups is 1. The van der Waals surface area contributed by atoms with E-state index in [1.165, 1.54) is 18.9 Å². The quantitative estimate of drug-likeness (QED) is 0.446. The van der Waals surface area contributed by atoms with Gasteiger partial charge in [0.1, 0.15) is 6.33 Å². The van der Waals surface area contributed by atoms with Crippen LogP contribution in [0.25, 0.3) is 5.69 Å². The van der Waals surface area contributed by atoms with E-state index in [-0.39, 0.29) is 17.6 Å². The molecule has 7 nitrogen and oxygen atoms in total. The molecule has 1 heterocycles. The molecular weight excluding hydrogens is 316 g/mol. The van der Waals surface area contributed by atoms with Crippen molar-refractivity contribution >= 4 is 23.6 Å². The Morgan fingerprint density at radius 2 is 2.09 bits per heavy atom. The Morgan fingerprint density at radius 1 is 1.30 bits per heavy atom. The van der Waals surface area contributed by atoms with Crippen LogP contribution in [0.4, 0.5) is 0 Å². The van der Waals surface area contributed by atoms with Gasteiger partial charge in [-0.15, -0.1) is 10.2 Å². The van der Waals surface area contributed by atoms with E-state index in [1.807, 2.05) is 34.9 Å². The minimum Gasteiger partial charge on any atom is -0.469 e. The maximum atomic E-state index is 11.8. The molecule has 1 amide bonds. The fourth-order valence-electron chi connectivity index (χ4n) is 1.83. The Kier molecular flexibility index (Phi) is 6.61. The number of esters is 1. The predicted molar refractivity (Wildman–Crippen MR) is 86.3 cm³/mol. The molecular formula is C15H18N4O3S. The van der Waals surface area contributed by atoms with Gasteiger partial charge < -0.3 is 10.1 Å². The minimum atomic E-state index is -0.274. The number of ether oxygens (including phenoxy) is 1. The lowest BCUT2D eigenvalue weighted by Crippen LogP contribution is -2.26. The average molecular weight is 334 g/mol. The molecule has 23 heavy (non-hydrogen) atoms. The molecule has 0 aliphatic rings. The molecule has 1 N–H and O–H groups in total. The van der Waals surface area contributed by atoms with Crippen LogP contribution in [0.3, 0.4) is 0 Å². The third-order valence-corrected chi connectivity index (χ3v) is 3.93. The van der Waals surface area contributed by atoms with Gasteiger partial charge in [0.25, 0.3) is 0 Å². The van der Waals surface area contributed by atoms with Crippen LogP contribution in [0.15, 0.2) is 41.8 Å². The van der Waals surface area contributed by atoms with Crippen LogP contribution in [-0.4, -0.2) is 46.0 Å². The highest BCUT2D eigenvalue weighted by molar-refractivity contribution is 7.99. The van der Waals surface area contributed by atoms with Crippen molar-refractivity contribution in [1.29, 1.82) is 0 Å². The first-order valence-corrected chi connectivity index (χ1v) is 8.11. The lowest BCUT2D eigenvalue weighted by atomic mass is 10.3. The molecule has 0 aliphatic heterocycles. The van der Waals surface area contributed by atoms with Gasteiger partial charge in [0.05, 0.1) is 12.9 Å². The molecule has 0 aliphatic carbocycles. The lowest BCUT2D eigenvalue weighted by Gasteiger charge is -2.06. The van der Waals surface area contributed by atoms with Gasteiger partial charge in [-0.05, 0) is 18.6 Å². The number of amides is 1. The van der Waals surface area contributed by atoms with E-state index in [2.05, 4.69) is 20.3 Å². The van der Waals surface area contributed by atoms with Crippen LogP contribution < -0.4 is 5.32 Å². The zero-order valence-electron chi connectivity index (χ0n) is 12.8. The molecule has 0 unspecified atom stereocenters. The second-order valence-electron chi connectivity index (χ2n) is 4.64. The lowest BCUT2D eigenvalue weighted by molar-refractivity contribution is -0.140. The molecule has 0 bridgehead atoms. The number of aromatic nitrogens is 3. The molecule has 1 aromatic carbocycles. The van der Waals surface area contributed by atoms with E-state index < -0.39 is 0 Å². The van der Waals surface area contributed by atoms with Gasteiger partial charge in [-0.3, -0.25) is 14.2 Å². The summed E-state index contributed by atoms with van der Waals surface area (Å²) in [5, 5.41) is 11.3. The molecule has 2 aromatic rings. The van der Waals surface area contributed by atoms with Gasteiger partial charge in [-0.25, -0.2) is 0 Å². The molecule has 8 heteroatoms. The Bertz CT molecular complexity index is 645. The summed E-state index contributed by atoms with van der Waals surface area (Å²) < 4.78 is 6.36. The van der Waals surface area contributed by atoms with Crippen molar-refractivity contribution in [1.82, 2.24) is 20.1 Å². The van der Waals surface area contributed by atoms with Gasteiger partial charge in [-0.1, -0.05) is 30.0 Å². The zero-order valence-corrected chi connectivity index (χ0v) is 13.6. The fourth-order valence-corrected chi connectivity index (χ4v) is 2.59. The molecule has 2 rings (SSSR count). The summed E-state index contributed by atoms with van der Waals surface area (Å²) in [6.07, 6.45) is 2.47. The van der Waals surface area contributed by atoms with E-state index in [0.717, 1.165) is 5.69 Å². The van der Waals surface area contributed by atoms with Crippen molar-refractivity contribution in [2.45, 2.75) is 18.0 Å². The minimum absolute atomic E-state index is 0.109. The zero-order chi connectivity index (χ0) is 16.5. The summed E-state index contributed by atoms with van der Waals surface area (Å²) in [7, 11) is 1.35. The molecule has 0 spiro atoms. The van der Waals surface area contributed by atoms with Crippen LogP contribution in [-0.2, 0) is 14.3 Å². The van der Waals surface area contributed by atoms with Crippen LogP contribution in [0.5, 0.6) is 0 Å². The molecule has 122 valence electrons. The highest BCUT2D eigenvalue weighted by Gasteiger charge is 2.10. The number of carbonyl (C=O) groups is 2. The maximum Gasteiger partial charge on any atom is 0.305 e. The number of nitrogens with zero attached hydrogens (tertiary/aromatic N) is 3. The number of rotatable bonds is 8. The standard InChI is InChI=1S/C15H18N4O3S/c1-22-14(21)8-5-9-16-13(20)10-23-15-18-17-11-19(15)12-6-3-2-4-7-12/h2-4,6-7,11H,5,8-10H2,1H3,(H,16,20). The molecule has 0 fully saturated rings. The summed E-state index contributed by atoms with van der Waals surface area (Å²) in [4.78, 5) is 22.7. The molecule has 0 saturated carbocycles. The Morgan fingerprint density at radius 3 is 2.83 bits per heavy atom. The number of carbonyl (C=O) groups excluding carboxylic acids is 2. The van der Waals surface area contributed by atoms with E-state index >= 15 is 0 Å². The van der Waals surface area contributed by atoms with Crippen molar-refractivity contribution in [3.8, 4) is 5.69 Å². The first-order valence-electron chi connectivity index (χ1n) is 7.12. The van der Waals surface area contributed by atoms with Crippen molar-refractivity contribution < 1.29 is 14.3 Å². The largest absolute Gasteiger partial charge is 0.469 e. The van der Waals surface area contributed by atoms with E-state index in [4.69, 9.17) is 0 Å². The van der Waals surface area contributed by atoms with Crippen LogP contribution in [0.1, 0.15) is 12.8 Å². The fraction of sp³-hybridized carbons (Fsp3) is 0.333. The van der Waals surface area contributed by atoms with Gasteiger partial charge in [0, 0.05) is 18.7 Å². The number of hydrogen-bond acceptors (Lipinski definition) is 6. The Balaban J connectivity index is 1.77. The SMILES string of the molecule is COC(=O)CCCNC(=O)CSc1nncn1-c1ccccc1. The molecule has 0 atom stereocenters. The Hall–Kier alpha value is -2.35. The van der Waals surface area contributed by atoms with E-state index in [0.29, 0.717) is 24.5 Å². The highest BCUT2D eigenvalue weighted by Crippen LogP contribution is 2.18. The van der Waals surface area contributed by atoms with Gasteiger partial charge in [0.2, 0.25) is 5.91 Å². The number of para-hydroxylation sites is 1. The summed E-state index contributed by atoms with van der Waals surface area (Å²) in [5.74, 6) is -0.143. The second-order valence-corrected chi connectivity index (χ2v) is 5.58. The first-order chi connectivity index (χ1) is 11.2. The van der Waals surface area contributed by atoms with E-state index in [9.17, 15) is 9.59 Å². The Labute approximate surface area is 138 Å². The summed E-state index contributed by atoms with van der Waals surface area (Å²) in [6.45, 7) is 0.444. The van der Waals surface area contributed by atoms with Crippen molar-refractivity contribution in [3.05, 3.63) is 36.7 Å². The monoisotopic (exact) mass is 334 g/mol. The molecule has 1 aromatic heterocycles. The van der Waals surface area contributed by atoms with Crippen molar-refractivity contribution in [2.24, 2.45) is 0 Å². The molecule has 0 saturated heterocycles. The highest BCUT2D eigenvalue weighted by atomic mass is 32.2. The van der Waals surface area contributed by atoms with Crippen LogP contribution in [0.2, 0.25) is 0 Å². The van der Waals surface area contributed by atoms with Gasteiger partial charge in [0.15, 0.2) is 5.16 Å². The number of nitrogens with one attached hydrogen (secondary N) is 1. The number of methoxy groups -OCH3 is 1. The normalized spacial score (nSPS) is 10.3. The van der Waals surface area contributed by atoms with Crippen molar-refractivity contribution in [2.75, 3.05) is 19.4 Å². The summed E-state index contributed by atoms with van der Waals surface area (Å²) in [6, 6.07) is 9.68. The van der Waals surface area contributed by atoms with Gasteiger partial charge >= 0.3 is 5.97 Å². The van der Waals surface area contributed by atoms with E-state index in [1.54, 1.807) is 6.33 Å². The summed E-state index contributed by atoms with van der Waals surface area (Å²) in [5.41, 5.74) is 0.943. The third kappa shape index (κ3) is 5.41.